The van der Waals surface area contributed by atoms with Crippen molar-refractivity contribution in [1.29, 1.82) is 0 Å². The second-order valence-corrected chi connectivity index (χ2v) is 6.11. The third-order valence-corrected chi connectivity index (χ3v) is 4.23. The number of rotatable bonds is 5. The minimum atomic E-state index is -0.595. The predicted octanol–water partition coefficient (Wildman–Crippen LogP) is 2.54. The Balaban J connectivity index is 2.01. The minimum absolute atomic E-state index is 0.170. The smallest absolute Gasteiger partial charge is 0.340 e. The van der Waals surface area contributed by atoms with Gasteiger partial charge in [0.15, 0.2) is 5.78 Å². The van der Waals surface area contributed by atoms with Crippen molar-refractivity contribution in [3.63, 3.8) is 0 Å². The summed E-state index contributed by atoms with van der Waals surface area (Å²) in [5.74, 6) is -1.52. The van der Waals surface area contributed by atoms with Crippen molar-refractivity contribution in [3.05, 3.63) is 63.2 Å². The molecule has 0 fully saturated rings. The number of benzene rings is 1. The highest BCUT2D eigenvalue weighted by molar-refractivity contribution is 6.08. The van der Waals surface area contributed by atoms with Crippen LogP contribution >= 0.6 is 0 Å². The molecule has 2 aromatic heterocycles. The number of carbonyl (C=O) groups is 2. The van der Waals surface area contributed by atoms with Gasteiger partial charge in [-0.25, -0.2) is 14.2 Å². The number of hydrogen-bond donors (Lipinski definition) is 1. The van der Waals surface area contributed by atoms with Gasteiger partial charge in [-0.2, -0.15) is 0 Å². The first kappa shape index (κ1) is 18.5. The zero-order valence-electron chi connectivity index (χ0n) is 15.1. The molecule has 0 aliphatic heterocycles. The molecule has 0 unspecified atom stereocenters. The monoisotopic (exact) mass is 371 g/mol. The highest BCUT2D eigenvalue weighted by Crippen LogP contribution is 2.21. The van der Waals surface area contributed by atoms with Gasteiger partial charge in [0.2, 0.25) is 0 Å². The van der Waals surface area contributed by atoms with Crippen LogP contribution in [0.2, 0.25) is 0 Å². The fraction of sp³-hybridized carbons (Fsp3) is 0.263. The summed E-state index contributed by atoms with van der Waals surface area (Å²) in [5, 5.41) is 0.208. The van der Waals surface area contributed by atoms with Crippen LogP contribution in [0.1, 0.15) is 39.0 Å². The second kappa shape index (κ2) is 7.14. The lowest BCUT2D eigenvalue weighted by Gasteiger charge is -2.08. The van der Waals surface area contributed by atoms with E-state index in [-0.39, 0.29) is 35.2 Å². The van der Waals surface area contributed by atoms with Crippen LogP contribution in [0.15, 0.2) is 29.3 Å². The van der Waals surface area contributed by atoms with Crippen LogP contribution in [-0.2, 0) is 11.3 Å². The first-order valence-electron chi connectivity index (χ1n) is 8.37. The van der Waals surface area contributed by atoms with Gasteiger partial charge < -0.3 is 9.72 Å². The molecule has 0 atom stereocenters. The van der Waals surface area contributed by atoms with E-state index >= 15 is 0 Å². The van der Waals surface area contributed by atoms with Crippen molar-refractivity contribution >= 4 is 22.7 Å². The fourth-order valence-electron chi connectivity index (χ4n) is 3.07. The summed E-state index contributed by atoms with van der Waals surface area (Å²) < 4.78 is 19.4. The number of fused-ring (bicyclic) bond motifs is 1. The van der Waals surface area contributed by atoms with Crippen molar-refractivity contribution in [1.82, 2.24) is 14.5 Å². The van der Waals surface area contributed by atoms with Crippen LogP contribution in [0.5, 0.6) is 0 Å². The van der Waals surface area contributed by atoms with E-state index in [0.29, 0.717) is 11.4 Å². The molecular formula is C19H18FN3O4. The number of ether oxygens (including phenoxy) is 1. The second-order valence-electron chi connectivity index (χ2n) is 6.11. The van der Waals surface area contributed by atoms with Crippen LogP contribution in [0, 0.1) is 19.7 Å². The van der Waals surface area contributed by atoms with Gasteiger partial charge in [-0.15, -0.1) is 0 Å². The number of nitrogens with one attached hydrogen (secondary N) is 1. The summed E-state index contributed by atoms with van der Waals surface area (Å²) >= 11 is 0. The summed E-state index contributed by atoms with van der Waals surface area (Å²) in [7, 11) is 0. The summed E-state index contributed by atoms with van der Waals surface area (Å²) in [6, 6.07) is 3.65. The van der Waals surface area contributed by atoms with E-state index in [0.717, 1.165) is 16.7 Å². The lowest BCUT2D eigenvalue weighted by Crippen LogP contribution is -2.25. The predicted molar refractivity (Wildman–Crippen MR) is 96.5 cm³/mol. The number of aromatic nitrogens is 3. The van der Waals surface area contributed by atoms with E-state index in [1.54, 1.807) is 20.8 Å². The number of halogens is 1. The Kier molecular flexibility index (Phi) is 4.89. The van der Waals surface area contributed by atoms with Gasteiger partial charge in [-0.1, -0.05) is 0 Å². The molecule has 0 amide bonds. The number of aryl methyl sites for hydroxylation is 2. The number of aromatic amines is 1. The molecule has 140 valence electrons. The Hall–Kier alpha value is -3.29. The topological polar surface area (TPSA) is 94.1 Å². The van der Waals surface area contributed by atoms with Gasteiger partial charge in [-0.3, -0.25) is 14.2 Å². The summed E-state index contributed by atoms with van der Waals surface area (Å²) in [6.07, 6.45) is 1.20. The zero-order chi connectivity index (χ0) is 19.7. The molecule has 1 N–H and O–H groups in total. The van der Waals surface area contributed by atoms with Crippen molar-refractivity contribution in [2.24, 2.45) is 0 Å². The maximum atomic E-state index is 13.3. The van der Waals surface area contributed by atoms with Crippen molar-refractivity contribution in [3.8, 4) is 0 Å². The van der Waals surface area contributed by atoms with E-state index in [9.17, 15) is 18.8 Å². The van der Waals surface area contributed by atoms with E-state index in [1.165, 1.54) is 12.4 Å². The van der Waals surface area contributed by atoms with Crippen molar-refractivity contribution in [2.45, 2.75) is 27.3 Å². The van der Waals surface area contributed by atoms with Crippen molar-refractivity contribution in [2.75, 3.05) is 6.61 Å². The van der Waals surface area contributed by atoms with Crippen LogP contribution < -0.4 is 5.56 Å². The number of hydrogen-bond acceptors (Lipinski definition) is 5. The fourth-order valence-corrected chi connectivity index (χ4v) is 3.07. The number of nitrogens with zero attached hydrogens (tertiary/aromatic N) is 2. The number of Topliss-reactive ketones (excluding diaryl/α,β-unsaturated/α-hetero) is 1. The van der Waals surface area contributed by atoms with Crippen LogP contribution in [0.25, 0.3) is 10.9 Å². The molecule has 1 aromatic carbocycles. The molecule has 0 aliphatic rings. The number of ketones is 1. The van der Waals surface area contributed by atoms with Gasteiger partial charge in [0.1, 0.15) is 5.82 Å². The molecule has 2 heterocycles. The third-order valence-electron chi connectivity index (χ3n) is 4.23. The molecular weight excluding hydrogens is 353 g/mol. The van der Waals surface area contributed by atoms with Crippen LogP contribution in [0.3, 0.4) is 0 Å². The summed E-state index contributed by atoms with van der Waals surface area (Å²) in [6.45, 7) is 4.91. The lowest BCUT2D eigenvalue weighted by atomic mass is 10.0. The molecule has 7 nitrogen and oxygen atoms in total. The van der Waals surface area contributed by atoms with E-state index in [2.05, 4.69) is 9.97 Å². The molecule has 3 aromatic rings. The Bertz CT molecular complexity index is 1110. The minimum Gasteiger partial charge on any atom is -0.462 e. The summed E-state index contributed by atoms with van der Waals surface area (Å²) in [4.78, 5) is 44.6. The molecule has 8 heteroatoms. The quantitative estimate of drug-likeness (QED) is 0.549. The standard InChI is InChI=1S/C19H18FN3O4/c1-4-27-19(26)17-11(3)22-10(2)16(17)15(24)8-23-9-21-14-7-12(20)5-6-13(14)18(23)25/h5-7,9,22H,4,8H2,1-3H3. The zero-order valence-corrected chi connectivity index (χ0v) is 15.1. The van der Waals surface area contributed by atoms with Gasteiger partial charge in [0.25, 0.3) is 5.56 Å². The third kappa shape index (κ3) is 3.38. The number of H-pyrrole nitrogens is 1. The molecule has 27 heavy (non-hydrogen) atoms. The Labute approximate surface area is 153 Å². The molecule has 0 saturated carbocycles. The van der Waals surface area contributed by atoms with E-state index in [4.69, 9.17) is 4.74 Å². The molecule has 0 saturated heterocycles. The van der Waals surface area contributed by atoms with Crippen LogP contribution in [-0.4, -0.2) is 32.9 Å². The number of carbonyl (C=O) groups excluding carboxylic acids is 2. The normalized spacial score (nSPS) is 11.0. The average Bonchev–Trinajstić information content (AvgIpc) is 2.91. The average molecular weight is 371 g/mol. The van der Waals surface area contributed by atoms with E-state index < -0.39 is 23.1 Å². The molecule has 0 spiro atoms. The summed E-state index contributed by atoms with van der Waals surface area (Å²) in [5.41, 5.74) is 1.15. The largest absolute Gasteiger partial charge is 0.462 e. The number of esters is 1. The van der Waals surface area contributed by atoms with Gasteiger partial charge >= 0.3 is 5.97 Å². The van der Waals surface area contributed by atoms with Gasteiger partial charge in [0.05, 0.1) is 41.5 Å². The Morgan fingerprint density at radius 2 is 1.93 bits per heavy atom. The van der Waals surface area contributed by atoms with Gasteiger partial charge in [-0.05, 0) is 32.9 Å². The molecule has 3 rings (SSSR count). The van der Waals surface area contributed by atoms with E-state index in [1.807, 2.05) is 0 Å². The molecule has 0 radical (unpaired) electrons. The Morgan fingerprint density at radius 1 is 1.22 bits per heavy atom. The maximum Gasteiger partial charge on any atom is 0.340 e. The molecule has 0 aliphatic carbocycles. The highest BCUT2D eigenvalue weighted by Gasteiger charge is 2.25. The van der Waals surface area contributed by atoms with Crippen LogP contribution in [0.4, 0.5) is 4.39 Å². The SMILES string of the molecule is CCOC(=O)c1c(C)[nH]c(C)c1C(=O)Cn1cnc2cc(F)ccc2c1=O. The first-order chi connectivity index (χ1) is 12.8. The van der Waals surface area contributed by atoms with Crippen molar-refractivity contribution < 1.29 is 18.7 Å². The molecule has 0 bridgehead atoms. The highest BCUT2D eigenvalue weighted by atomic mass is 19.1. The Morgan fingerprint density at radius 3 is 2.63 bits per heavy atom. The van der Waals surface area contributed by atoms with Gasteiger partial charge in [0, 0.05) is 17.5 Å². The maximum absolute atomic E-state index is 13.3. The first-order valence-corrected chi connectivity index (χ1v) is 8.37. The lowest BCUT2D eigenvalue weighted by molar-refractivity contribution is 0.0522.